The van der Waals surface area contributed by atoms with Crippen LogP contribution in [0.1, 0.15) is 72.8 Å². The molecule has 4 N–H and O–H groups in total. The lowest BCUT2D eigenvalue weighted by molar-refractivity contribution is -0.253. The molecular formula is C41H44N4O7. The molecule has 3 atom stereocenters. The summed E-state index contributed by atoms with van der Waals surface area (Å²) in [7, 11) is 0. The first-order chi connectivity index (χ1) is 25.3. The monoisotopic (exact) mass is 704 g/mol. The number of fused-ring (bicyclic) bond motifs is 1. The van der Waals surface area contributed by atoms with Crippen LogP contribution in [0.15, 0.2) is 102 Å². The van der Waals surface area contributed by atoms with E-state index in [4.69, 9.17) is 14.6 Å². The van der Waals surface area contributed by atoms with Crippen molar-refractivity contribution in [2.45, 2.75) is 69.8 Å². The second-order valence-corrected chi connectivity index (χ2v) is 13.7. The molecule has 4 aromatic carbocycles. The highest BCUT2D eigenvalue weighted by Gasteiger charge is 2.34. The minimum atomic E-state index is -0.999. The lowest BCUT2D eigenvalue weighted by Crippen LogP contribution is -2.43. The van der Waals surface area contributed by atoms with Gasteiger partial charge in [-0.1, -0.05) is 72.8 Å². The molecule has 2 aliphatic heterocycles. The normalized spacial score (nSPS) is 19.8. The third-order valence-corrected chi connectivity index (χ3v) is 10.1. The molecule has 11 heteroatoms. The number of aliphatic hydroxyl groups excluding tert-OH is 1. The van der Waals surface area contributed by atoms with Crippen LogP contribution in [0.3, 0.4) is 0 Å². The second kappa shape index (κ2) is 16.1. The third kappa shape index (κ3) is 8.35. The summed E-state index contributed by atoms with van der Waals surface area (Å²) in [6, 6.07) is 31.9. The van der Waals surface area contributed by atoms with Gasteiger partial charge in [0.05, 0.1) is 36.3 Å². The minimum Gasteiger partial charge on any atom is -0.481 e. The van der Waals surface area contributed by atoms with Gasteiger partial charge in [-0.15, -0.1) is 0 Å². The van der Waals surface area contributed by atoms with Gasteiger partial charge in [0.2, 0.25) is 5.91 Å². The van der Waals surface area contributed by atoms with Gasteiger partial charge in [0.1, 0.15) is 0 Å². The maximum atomic E-state index is 12.9. The second-order valence-electron chi connectivity index (χ2n) is 13.7. The van der Waals surface area contributed by atoms with E-state index in [0.717, 1.165) is 76.9 Å². The molecule has 0 aliphatic carbocycles. The molecule has 11 nitrogen and oxygen atoms in total. The Balaban J connectivity index is 1.06. The first-order valence-electron chi connectivity index (χ1n) is 17.9. The Kier molecular flexibility index (Phi) is 10.9. The number of carbonyl (C=O) groups is 2. The van der Waals surface area contributed by atoms with E-state index in [0.29, 0.717) is 13.0 Å². The Morgan fingerprint density at radius 3 is 2.35 bits per heavy atom. The predicted octanol–water partition coefficient (Wildman–Crippen LogP) is 5.85. The summed E-state index contributed by atoms with van der Waals surface area (Å²) in [6.45, 7) is 2.72. The maximum absolute atomic E-state index is 12.9. The van der Waals surface area contributed by atoms with E-state index in [1.807, 2.05) is 95.6 Å². The molecule has 3 heterocycles. The first-order valence-corrected chi connectivity index (χ1v) is 17.9. The molecule has 1 amide bonds. The van der Waals surface area contributed by atoms with Crippen LogP contribution in [0.5, 0.6) is 0 Å². The molecule has 2 aliphatic rings. The highest BCUT2D eigenvalue weighted by Crippen LogP contribution is 2.39. The van der Waals surface area contributed by atoms with Gasteiger partial charge < -0.3 is 34.9 Å². The van der Waals surface area contributed by atoms with Crippen molar-refractivity contribution < 1.29 is 29.3 Å². The standard InChI is InChI=1S/C41H44N4O7/c46-26-27-11-13-29(14-12-27)37-23-34(25-44-19-17-33(18-20-44)45-36-10-2-1-9-35(36)43-41(45)50)51-40(52-37)32-8-4-7-31(22-32)30-6-3-5-28(21-30)24-42-38(47)15-16-39(48)49/h1-14,21-22,33-34,37,40,46H,15-20,23-26H2,(H,42,47)(H,43,50)(H,48,49). The van der Waals surface area contributed by atoms with Crippen LogP contribution in [-0.4, -0.2) is 62.3 Å². The number of rotatable bonds is 12. The lowest BCUT2D eigenvalue weighted by atomic mass is 9.97. The molecule has 0 saturated carbocycles. The van der Waals surface area contributed by atoms with Gasteiger partial charge in [0.15, 0.2) is 6.29 Å². The van der Waals surface area contributed by atoms with Crippen LogP contribution >= 0.6 is 0 Å². The van der Waals surface area contributed by atoms with Crippen molar-refractivity contribution in [3.63, 3.8) is 0 Å². The molecule has 1 aromatic heterocycles. The van der Waals surface area contributed by atoms with Crippen LogP contribution in [0, 0.1) is 0 Å². The zero-order valence-corrected chi connectivity index (χ0v) is 28.9. The fraction of sp³-hybridized carbons (Fsp3) is 0.341. The van der Waals surface area contributed by atoms with Crippen LogP contribution in [0.2, 0.25) is 0 Å². The van der Waals surface area contributed by atoms with Crippen LogP contribution in [0.25, 0.3) is 22.2 Å². The molecule has 5 aromatic rings. The molecule has 0 bridgehead atoms. The summed E-state index contributed by atoms with van der Waals surface area (Å²) in [4.78, 5) is 41.2. The summed E-state index contributed by atoms with van der Waals surface area (Å²) in [5.74, 6) is -1.30. The number of aromatic nitrogens is 2. The molecule has 2 saturated heterocycles. The quantitative estimate of drug-likeness (QED) is 0.127. The van der Waals surface area contributed by atoms with E-state index in [1.54, 1.807) is 0 Å². The zero-order chi connectivity index (χ0) is 36.0. The molecule has 3 unspecified atom stereocenters. The average molecular weight is 705 g/mol. The fourth-order valence-corrected chi connectivity index (χ4v) is 7.35. The van der Waals surface area contributed by atoms with Crippen LogP contribution in [-0.2, 0) is 32.2 Å². The topological polar surface area (TPSA) is 146 Å². The fourth-order valence-electron chi connectivity index (χ4n) is 7.35. The molecule has 0 spiro atoms. The van der Waals surface area contributed by atoms with Gasteiger partial charge in [-0.25, -0.2) is 4.79 Å². The van der Waals surface area contributed by atoms with Crippen molar-refractivity contribution in [2.75, 3.05) is 19.6 Å². The SMILES string of the molecule is O=C(O)CCC(=O)NCc1cccc(-c2cccc(C3OC(CN4CCC(n5c(=O)[nH]c6ccccc65)CC4)CC(c4ccc(CO)cc4)O3)c2)c1. The van der Waals surface area contributed by atoms with Crippen LogP contribution in [0.4, 0.5) is 0 Å². The van der Waals surface area contributed by atoms with Crippen molar-refractivity contribution in [1.29, 1.82) is 0 Å². The van der Waals surface area contributed by atoms with Crippen LogP contribution < -0.4 is 11.0 Å². The Labute approximate surface area is 301 Å². The lowest BCUT2D eigenvalue weighted by Gasteiger charge is -2.40. The number of imidazole rings is 1. The van der Waals surface area contributed by atoms with Gasteiger partial charge in [0, 0.05) is 50.6 Å². The Hall–Kier alpha value is -5.07. The number of likely N-dealkylation sites (tertiary alicyclic amines) is 1. The number of aromatic amines is 1. The zero-order valence-electron chi connectivity index (χ0n) is 28.9. The van der Waals surface area contributed by atoms with Crippen molar-refractivity contribution >= 4 is 22.9 Å². The van der Waals surface area contributed by atoms with Gasteiger partial charge in [0.25, 0.3) is 0 Å². The number of carboxylic acids is 1. The highest BCUT2D eigenvalue weighted by atomic mass is 16.7. The Morgan fingerprint density at radius 2 is 1.58 bits per heavy atom. The Morgan fingerprint density at radius 1 is 0.827 bits per heavy atom. The molecule has 2 fully saturated rings. The number of nitrogens with one attached hydrogen (secondary N) is 2. The molecule has 0 radical (unpaired) electrons. The molecule has 52 heavy (non-hydrogen) atoms. The van der Waals surface area contributed by atoms with E-state index in [9.17, 15) is 19.5 Å². The number of aliphatic carboxylic acids is 1. The summed E-state index contributed by atoms with van der Waals surface area (Å²) < 4.78 is 15.3. The van der Waals surface area contributed by atoms with Gasteiger partial charge >= 0.3 is 11.7 Å². The number of amides is 1. The van der Waals surface area contributed by atoms with Crippen molar-refractivity contribution in [2.24, 2.45) is 0 Å². The number of carbonyl (C=O) groups excluding carboxylic acids is 1. The maximum Gasteiger partial charge on any atom is 0.326 e. The largest absolute Gasteiger partial charge is 0.481 e. The molecule has 7 rings (SSSR count). The summed E-state index contributed by atoms with van der Waals surface area (Å²) >= 11 is 0. The number of carboxylic acid groups (broad SMARTS) is 1. The van der Waals surface area contributed by atoms with E-state index in [-0.39, 0.29) is 49.3 Å². The van der Waals surface area contributed by atoms with Gasteiger partial charge in [-0.2, -0.15) is 0 Å². The minimum absolute atomic E-state index is 0.0219. The highest BCUT2D eigenvalue weighted by molar-refractivity contribution is 5.80. The number of hydrogen-bond acceptors (Lipinski definition) is 7. The van der Waals surface area contributed by atoms with E-state index in [1.165, 1.54) is 0 Å². The number of nitrogens with zero attached hydrogens (tertiary/aromatic N) is 2. The number of ether oxygens (including phenoxy) is 2. The molecule has 270 valence electrons. The molecular weight excluding hydrogens is 660 g/mol. The number of piperidine rings is 1. The van der Waals surface area contributed by atoms with Crippen molar-refractivity contribution in [3.8, 4) is 11.1 Å². The first kappa shape index (κ1) is 35.3. The van der Waals surface area contributed by atoms with E-state index in [2.05, 4.69) is 21.3 Å². The third-order valence-electron chi connectivity index (χ3n) is 10.1. The van der Waals surface area contributed by atoms with Crippen molar-refractivity contribution in [1.82, 2.24) is 19.8 Å². The number of hydrogen-bond donors (Lipinski definition) is 4. The summed E-state index contributed by atoms with van der Waals surface area (Å²) in [5, 5.41) is 21.3. The Bertz CT molecular complexity index is 2070. The van der Waals surface area contributed by atoms with Gasteiger partial charge in [-0.05, 0) is 64.9 Å². The number of para-hydroxylation sites is 2. The smallest absolute Gasteiger partial charge is 0.326 e. The number of aliphatic hydroxyl groups is 1. The van der Waals surface area contributed by atoms with Crippen molar-refractivity contribution in [3.05, 3.63) is 130 Å². The predicted molar refractivity (Wildman–Crippen MR) is 196 cm³/mol. The van der Waals surface area contributed by atoms with Gasteiger partial charge in [-0.3, -0.25) is 14.2 Å². The summed E-state index contributed by atoms with van der Waals surface area (Å²) in [6.07, 6.45) is 1.22. The summed E-state index contributed by atoms with van der Waals surface area (Å²) in [5.41, 5.74) is 7.38. The average Bonchev–Trinajstić information content (AvgIpc) is 3.52. The number of H-pyrrole nitrogens is 1. The van der Waals surface area contributed by atoms with E-state index < -0.39 is 12.3 Å². The van der Waals surface area contributed by atoms with E-state index >= 15 is 0 Å². The number of benzene rings is 4.